The van der Waals surface area contributed by atoms with Gasteiger partial charge in [0.25, 0.3) is 5.91 Å². The van der Waals surface area contributed by atoms with E-state index in [1.807, 2.05) is 56.3 Å². The van der Waals surface area contributed by atoms with Gasteiger partial charge in [-0.1, -0.05) is 29.8 Å². The number of hydrazone groups is 1. The molecule has 4 nitrogen and oxygen atoms in total. The maximum absolute atomic E-state index is 12.0. The predicted molar refractivity (Wildman–Crippen MR) is 92.0 cm³/mol. The smallest absolute Gasteiger partial charge is 0.272 e. The predicted octanol–water partition coefficient (Wildman–Crippen LogP) is 3.48. The molecule has 0 saturated heterocycles. The average Bonchev–Trinajstić information content (AvgIpc) is 2.47. The van der Waals surface area contributed by atoms with Crippen LogP contribution in [0.25, 0.3) is 0 Å². The first-order valence-electron chi connectivity index (χ1n) is 6.84. The molecule has 114 valence electrons. The zero-order valence-corrected chi connectivity index (χ0v) is 13.6. The Hall–Kier alpha value is -2.33. The summed E-state index contributed by atoms with van der Waals surface area (Å²) >= 11 is 6.05. The Bertz CT molecular complexity index is 694. The van der Waals surface area contributed by atoms with Crippen molar-refractivity contribution >= 4 is 29.4 Å². The van der Waals surface area contributed by atoms with Gasteiger partial charge in [-0.25, -0.2) is 5.43 Å². The molecular weight excluding hydrogens is 298 g/mol. The molecule has 1 N–H and O–H groups in total. The van der Waals surface area contributed by atoms with Crippen LogP contribution in [-0.4, -0.2) is 26.2 Å². The molecule has 0 heterocycles. The van der Waals surface area contributed by atoms with E-state index in [0.717, 1.165) is 16.8 Å². The largest absolute Gasteiger partial charge is 0.378 e. The van der Waals surface area contributed by atoms with Crippen molar-refractivity contribution in [2.45, 2.75) is 6.92 Å². The van der Waals surface area contributed by atoms with Crippen molar-refractivity contribution in [1.82, 2.24) is 5.43 Å². The van der Waals surface area contributed by atoms with E-state index in [1.54, 1.807) is 18.3 Å². The van der Waals surface area contributed by atoms with Crippen LogP contribution in [-0.2, 0) is 0 Å². The molecule has 0 aliphatic heterocycles. The molecule has 0 spiro atoms. The van der Waals surface area contributed by atoms with E-state index >= 15 is 0 Å². The Morgan fingerprint density at radius 1 is 1.18 bits per heavy atom. The van der Waals surface area contributed by atoms with Crippen molar-refractivity contribution in [3.8, 4) is 0 Å². The molecule has 0 radical (unpaired) electrons. The van der Waals surface area contributed by atoms with Gasteiger partial charge in [0.2, 0.25) is 0 Å². The van der Waals surface area contributed by atoms with Crippen LogP contribution in [0.5, 0.6) is 0 Å². The van der Waals surface area contributed by atoms with Crippen LogP contribution in [0, 0.1) is 6.92 Å². The molecule has 2 rings (SSSR count). The quantitative estimate of drug-likeness (QED) is 0.693. The number of nitrogens with zero attached hydrogens (tertiary/aromatic N) is 2. The molecule has 0 saturated carbocycles. The third-order valence-electron chi connectivity index (χ3n) is 3.16. The number of nitrogens with one attached hydrogen (secondary N) is 1. The lowest BCUT2D eigenvalue weighted by Crippen LogP contribution is -2.18. The summed E-state index contributed by atoms with van der Waals surface area (Å²) in [5, 5.41) is 4.38. The normalized spacial score (nSPS) is 10.7. The van der Waals surface area contributed by atoms with E-state index in [-0.39, 0.29) is 5.91 Å². The second kappa shape index (κ2) is 7.09. The summed E-state index contributed by atoms with van der Waals surface area (Å²) in [4.78, 5) is 14.0. The Morgan fingerprint density at radius 2 is 1.86 bits per heavy atom. The fourth-order valence-electron chi connectivity index (χ4n) is 1.89. The van der Waals surface area contributed by atoms with Gasteiger partial charge in [-0.15, -0.1) is 0 Å². The van der Waals surface area contributed by atoms with Crippen LogP contribution in [0.1, 0.15) is 21.5 Å². The standard InChI is InChI=1S/C17H18ClN3O/c1-12-4-9-15(16(18)10-12)17(22)20-19-11-13-5-7-14(8-6-13)21(2)3/h4-11H,1-3H3,(H,20,22)/b19-11+. The second-order valence-electron chi connectivity index (χ2n) is 5.17. The molecule has 22 heavy (non-hydrogen) atoms. The molecule has 1 amide bonds. The number of rotatable bonds is 4. The summed E-state index contributed by atoms with van der Waals surface area (Å²) in [5.41, 5.74) is 5.90. The van der Waals surface area contributed by atoms with Crippen molar-refractivity contribution < 1.29 is 4.79 Å². The number of hydrogen-bond donors (Lipinski definition) is 1. The van der Waals surface area contributed by atoms with Crippen LogP contribution < -0.4 is 10.3 Å². The van der Waals surface area contributed by atoms with Gasteiger partial charge in [0, 0.05) is 19.8 Å². The second-order valence-corrected chi connectivity index (χ2v) is 5.58. The van der Waals surface area contributed by atoms with Crippen LogP contribution in [0.15, 0.2) is 47.6 Å². The molecule has 2 aromatic rings. The van der Waals surface area contributed by atoms with Crippen molar-refractivity contribution in [2.75, 3.05) is 19.0 Å². The molecule has 0 aliphatic rings. The highest BCUT2D eigenvalue weighted by Gasteiger charge is 2.08. The lowest BCUT2D eigenvalue weighted by molar-refractivity contribution is 0.0955. The van der Waals surface area contributed by atoms with Gasteiger partial charge in [-0.05, 0) is 42.3 Å². The summed E-state index contributed by atoms with van der Waals surface area (Å²) in [5.74, 6) is -0.328. The molecule has 0 aromatic heterocycles. The molecule has 0 fully saturated rings. The summed E-state index contributed by atoms with van der Waals surface area (Å²) < 4.78 is 0. The van der Waals surface area contributed by atoms with Crippen molar-refractivity contribution in [3.05, 3.63) is 64.2 Å². The zero-order valence-electron chi connectivity index (χ0n) is 12.8. The lowest BCUT2D eigenvalue weighted by atomic mass is 10.1. The van der Waals surface area contributed by atoms with Crippen LogP contribution in [0.4, 0.5) is 5.69 Å². The molecule has 0 bridgehead atoms. The van der Waals surface area contributed by atoms with Gasteiger partial charge >= 0.3 is 0 Å². The first-order valence-corrected chi connectivity index (χ1v) is 7.22. The van der Waals surface area contributed by atoms with E-state index < -0.39 is 0 Å². The Morgan fingerprint density at radius 3 is 2.45 bits per heavy atom. The minimum absolute atomic E-state index is 0.328. The first kappa shape index (κ1) is 16.0. The van der Waals surface area contributed by atoms with Crippen LogP contribution >= 0.6 is 11.6 Å². The number of halogens is 1. The molecule has 0 aliphatic carbocycles. The third kappa shape index (κ3) is 4.09. The molecule has 2 aromatic carbocycles. The minimum Gasteiger partial charge on any atom is -0.378 e. The Balaban J connectivity index is 2.01. The summed E-state index contributed by atoms with van der Waals surface area (Å²) in [6.45, 7) is 1.92. The van der Waals surface area contributed by atoms with Gasteiger partial charge in [0.15, 0.2) is 0 Å². The number of carbonyl (C=O) groups excluding carboxylic acids is 1. The van der Waals surface area contributed by atoms with Gasteiger partial charge in [-0.2, -0.15) is 5.10 Å². The number of benzene rings is 2. The molecular formula is C17H18ClN3O. The van der Waals surface area contributed by atoms with E-state index in [2.05, 4.69) is 10.5 Å². The van der Waals surface area contributed by atoms with E-state index in [1.165, 1.54) is 0 Å². The highest BCUT2D eigenvalue weighted by molar-refractivity contribution is 6.33. The summed E-state index contributed by atoms with van der Waals surface area (Å²) in [7, 11) is 3.96. The number of amides is 1. The fraction of sp³-hybridized carbons (Fsp3) is 0.176. The fourth-order valence-corrected chi connectivity index (χ4v) is 2.21. The van der Waals surface area contributed by atoms with Gasteiger partial charge in [0.05, 0.1) is 16.8 Å². The van der Waals surface area contributed by atoms with Gasteiger partial charge in [0.1, 0.15) is 0 Å². The molecule has 0 unspecified atom stereocenters. The Labute approximate surface area is 135 Å². The number of aryl methyl sites for hydroxylation is 1. The summed E-state index contributed by atoms with van der Waals surface area (Å²) in [6, 6.07) is 13.1. The lowest BCUT2D eigenvalue weighted by Gasteiger charge is -2.11. The highest BCUT2D eigenvalue weighted by Crippen LogP contribution is 2.17. The van der Waals surface area contributed by atoms with Crippen molar-refractivity contribution in [3.63, 3.8) is 0 Å². The number of hydrogen-bond acceptors (Lipinski definition) is 3. The number of carbonyl (C=O) groups is 1. The van der Waals surface area contributed by atoms with E-state index in [9.17, 15) is 4.79 Å². The minimum atomic E-state index is -0.328. The SMILES string of the molecule is Cc1ccc(C(=O)N/N=C/c2ccc(N(C)C)cc2)c(Cl)c1. The van der Waals surface area contributed by atoms with E-state index in [0.29, 0.717) is 10.6 Å². The van der Waals surface area contributed by atoms with Gasteiger partial charge in [-0.3, -0.25) is 4.79 Å². The van der Waals surface area contributed by atoms with Crippen LogP contribution in [0.2, 0.25) is 5.02 Å². The zero-order chi connectivity index (χ0) is 16.1. The molecule has 5 heteroatoms. The van der Waals surface area contributed by atoms with Gasteiger partial charge < -0.3 is 4.90 Å². The number of anilines is 1. The maximum Gasteiger partial charge on any atom is 0.272 e. The highest BCUT2D eigenvalue weighted by atomic mass is 35.5. The molecule has 0 atom stereocenters. The first-order chi connectivity index (χ1) is 10.5. The maximum atomic E-state index is 12.0. The third-order valence-corrected chi connectivity index (χ3v) is 3.47. The summed E-state index contributed by atoms with van der Waals surface area (Å²) in [6.07, 6.45) is 1.60. The monoisotopic (exact) mass is 315 g/mol. The van der Waals surface area contributed by atoms with Crippen LogP contribution in [0.3, 0.4) is 0 Å². The Kier molecular flexibility index (Phi) is 5.17. The average molecular weight is 316 g/mol. The van der Waals surface area contributed by atoms with Crippen molar-refractivity contribution in [1.29, 1.82) is 0 Å². The topological polar surface area (TPSA) is 44.7 Å². The van der Waals surface area contributed by atoms with Crippen molar-refractivity contribution in [2.24, 2.45) is 5.10 Å². The van der Waals surface area contributed by atoms with E-state index in [4.69, 9.17) is 11.6 Å².